The molecule has 0 aliphatic rings. The fraction of sp³-hybridized carbons (Fsp3) is 0.208. The fourth-order valence-corrected chi connectivity index (χ4v) is 4.94. The van der Waals surface area contributed by atoms with Gasteiger partial charge in [0.15, 0.2) is 0 Å². The molecule has 4 rings (SSSR count). The molecule has 0 radical (unpaired) electrons. The van der Waals surface area contributed by atoms with Crippen LogP contribution in [0, 0.1) is 5.82 Å². The number of fused-ring (bicyclic) bond motifs is 3. The Morgan fingerprint density at radius 1 is 0.969 bits per heavy atom. The van der Waals surface area contributed by atoms with Crippen LogP contribution in [0.4, 0.5) is 10.1 Å². The maximum Gasteiger partial charge on any atom is 0.303 e. The second-order valence-corrected chi connectivity index (χ2v) is 9.55. The zero-order chi connectivity index (χ0) is 22.9. The molecule has 0 fully saturated rings. The van der Waals surface area contributed by atoms with Gasteiger partial charge in [-0.05, 0) is 36.4 Å². The highest BCUT2D eigenvalue weighted by molar-refractivity contribution is 7.92. The van der Waals surface area contributed by atoms with Gasteiger partial charge in [-0.3, -0.25) is 9.10 Å². The van der Waals surface area contributed by atoms with Gasteiger partial charge >= 0.3 is 5.97 Å². The molecule has 4 aromatic rings. The predicted octanol–water partition coefficient (Wildman–Crippen LogP) is 4.33. The zero-order valence-corrected chi connectivity index (χ0v) is 18.5. The summed E-state index contributed by atoms with van der Waals surface area (Å²) in [6, 6.07) is 21.0. The van der Waals surface area contributed by atoms with Gasteiger partial charge < -0.3 is 9.30 Å². The third-order valence-corrected chi connectivity index (χ3v) is 6.44. The van der Waals surface area contributed by atoms with Crippen LogP contribution in [0.25, 0.3) is 21.8 Å². The van der Waals surface area contributed by atoms with Crippen molar-refractivity contribution in [1.29, 1.82) is 0 Å². The van der Waals surface area contributed by atoms with Gasteiger partial charge in [0.25, 0.3) is 0 Å². The average molecular weight is 455 g/mol. The van der Waals surface area contributed by atoms with E-state index in [9.17, 15) is 17.6 Å². The van der Waals surface area contributed by atoms with Gasteiger partial charge in [0.1, 0.15) is 11.9 Å². The molecule has 0 unspecified atom stereocenters. The minimum atomic E-state index is -3.72. The largest absolute Gasteiger partial charge is 0.459 e. The Morgan fingerprint density at radius 3 is 2.00 bits per heavy atom. The number of rotatable bonds is 7. The summed E-state index contributed by atoms with van der Waals surface area (Å²) in [6.45, 7) is 1.44. The topological polar surface area (TPSA) is 68.6 Å². The SMILES string of the molecule is CC(=O)O[C@@H](CN(c1ccc(F)cc1)S(C)(=O)=O)Cn1c2ccccc2c2ccccc21. The summed E-state index contributed by atoms with van der Waals surface area (Å²) in [6.07, 6.45) is 0.299. The molecule has 0 aliphatic carbocycles. The Hall–Kier alpha value is -3.39. The molecule has 3 aromatic carbocycles. The van der Waals surface area contributed by atoms with Crippen LogP contribution >= 0.6 is 0 Å². The van der Waals surface area contributed by atoms with Crippen LogP contribution in [0.1, 0.15) is 6.92 Å². The third-order valence-electron chi connectivity index (χ3n) is 5.28. The van der Waals surface area contributed by atoms with Crippen molar-refractivity contribution in [2.45, 2.75) is 19.6 Å². The van der Waals surface area contributed by atoms with E-state index in [4.69, 9.17) is 4.74 Å². The van der Waals surface area contributed by atoms with E-state index in [1.165, 1.54) is 31.2 Å². The summed E-state index contributed by atoms with van der Waals surface area (Å²) in [4.78, 5) is 11.9. The van der Waals surface area contributed by atoms with Gasteiger partial charge in [-0.25, -0.2) is 12.8 Å². The van der Waals surface area contributed by atoms with Crippen molar-refractivity contribution in [3.63, 3.8) is 0 Å². The number of sulfonamides is 1. The van der Waals surface area contributed by atoms with Crippen molar-refractivity contribution >= 4 is 43.5 Å². The standard InChI is InChI=1S/C24H23FN2O4S/c1-17(28)31-20(16-27(32(2,29)30)19-13-11-18(25)12-14-19)15-26-23-9-5-3-7-21(23)22-8-4-6-10-24(22)26/h3-14,20H,15-16H2,1-2H3/t20-/m1/s1. The molecule has 6 nitrogen and oxygen atoms in total. The lowest BCUT2D eigenvalue weighted by Gasteiger charge is -2.28. The molecular formula is C24H23FN2O4S. The van der Waals surface area contributed by atoms with Gasteiger partial charge in [-0.2, -0.15) is 0 Å². The van der Waals surface area contributed by atoms with Gasteiger partial charge in [-0.1, -0.05) is 36.4 Å². The van der Waals surface area contributed by atoms with Crippen LogP contribution in [0.3, 0.4) is 0 Å². The lowest BCUT2D eigenvalue weighted by molar-refractivity contribution is -0.146. The molecule has 1 aromatic heterocycles. The first-order chi connectivity index (χ1) is 15.2. The molecule has 0 bridgehead atoms. The number of nitrogens with zero attached hydrogens (tertiary/aromatic N) is 2. The minimum Gasteiger partial charge on any atom is -0.459 e. The maximum atomic E-state index is 13.4. The first-order valence-corrected chi connectivity index (χ1v) is 12.0. The number of para-hydroxylation sites is 2. The minimum absolute atomic E-state index is 0.106. The normalized spacial score (nSPS) is 12.7. The molecule has 0 amide bonds. The van der Waals surface area contributed by atoms with Gasteiger partial charge in [0.05, 0.1) is 25.0 Å². The van der Waals surface area contributed by atoms with E-state index in [0.29, 0.717) is 5.69 Å². The Labute approximate surface area is 185 Å². The van der Waals surface area contributed by atoms with Crippen molar-refractivity contribution in [3.05, 3.63) is 78.6 Å². The fourth-order valence-electron chi connectivity index (χ4n) is 4.00. The lowest BCUT2D eigenvalue weighted by atomic mass is 10.2. The van der Waals surface area contributed by atoms with Crippen molar-refractivity contribution in [3.8, 4) is 0 Å². The Bertz CT molecular complexity index is 1330. The highest BCUT2D eigenvalue weighted by Crippen LogP contribution is 2.29. The average Bonchev–Trinajstić information content (AvgIpc) is 3.05. The quantitative estimate of drug-likeness (QED) is 0.390. The number of carbonyl (C=O) groups is 1. The van der Waals surface area contributed by atoms with E-state index >= 15 is 0 Å². The number of anilines is 1. The smallest absolute Gasteiger partial charge is 0.303 e. The van der Waals surface area contributed by atoms with Crippen LogP contribution < -0.4 is 4.31 Å². The number of hydrogen-bond acceptors (Lipinski definition) is 4. The first-order valence-electron chi connectivity index (χ1n) is 10.1. The molecule has 0 aliphatic heterocycles. The molecular weight excluding hydrogens is 431 g/mol. The predicted molar refractivity (Wildman–Crippen MR) is 124 cm³/mol. The summed E-state index contributed by atoms with van der Waals surface area (Å²) in [7, 11) is -3.72. The number of esters is 1. The molecule has 1 heterocycles. The molecule has 0 spiro atoms. The van der Waals surface area contributed by atoms with E-state index in [-0.39, 0.29) is 13.1 Å². The van der Waals surface area contributed by atoms with Crippen LogP contribution in [0.2, 0.25) is 0 Å². The van der Waals surface area contributed by atoms with Gasteiger partial charge in [-0.15, -0.1) is 0 Å². The lowest BCUT2D eigenvalue weighted by Crippen LogP contribution is -2.40. The van der Waals surface area contributed by atoms with Gasteiger partial charge in [0.2, 0.25) is 10.0 Å². The monoisotopic (exact) mass is 454 g/mol. The zero-order valence-electron chi connectivity index (χ0n) is 17.7. The van der Waals surface area contributed by atoms with E-state index in [2.05, 4.69) is 0 Å². The van der Waals surface area contributed by atoms with Crippen molar-refractivity contribution in [2.75, 3.05) is 17.1 Å². The highest BCUT2D eigenvalue weighted by Gasteiger charge is 2.25. The van der Waals surface area contributed by atoms with Crippen molar-refractivity contribution in [1.82, 2.24) is 4.57 Å². The summed E-state index contributed by atoms with van der Waals surface area (Å²) >= 11 is 0. The Morgan fingerprint density at radius 2 is 1.50 bits per heavy atom. The summed E-state index contributed by atoms with van der Waals surface area (Å²) < 4.78 is 47.2. The number of aromatic nitrogens is 1. The molecule has 0 N–H and O–H groups in total. The number of hydrogen-bond donors (Lipinski definition) is 0. The third kappa shape index (κ3) is 4.45. The van der Waals surface area contributed by atoms with Crippen LogP contribution in [0.15, 0.2) is 72.8 Å². The molecule has 8 heteroatoms. The van der Waals surface area contributed by atoms with E-state index in [1.807, 2.05) is 53.1 Å². The molecule has 166 valence electrons. The maximum absolute atomic E-state index is 13.4. The van der Waals surface area contributed by atoms with E-state index < -0.39 is 27.9 Å². The van der Waals surface area contributed by atoms with Crippen LogP contribution in [-0.4, -0.2) is 37.9 Å². The molecule has 0 saturated carbocycles. The van der Waals surface area contributed by atoms with E-state index in [1.54, 1.807) is 0 Å². The molecule has 32 heavy (non-hydrogen) atoms. The summed E-state index contributed by atoms with van der Waals surface area (Å²) in [5.74, 6) is -0.979. The van der Waals surface area contributed by atoms with Crippen molar-refractivity contribution < 1.29 is 22.3 Å². The highest BCUT2D eigenvalue weighted by atomic mass is 32.2. The molecule has 1 atom stereocenters. The number of carbonyl (C=O) groups excluding carboxylic acids is 1. The number of benzene rings is 3. The second-order valence-electron chi connectivity index (χ2n) is 7.65. The second kappa shape index (κ2) is 8.63. The van der Waals surface area contributed by atoms with Crippen LogP contribution in [-0.2, 0) is 26.1 Å². The van der Waals surface area contributed by atoms with Crippen molar-refractivity contribution in [2.24, 2.45) is 0 Å². The Balaban J connectivity index is 1.76. The summed E-state index contributed by atoms with van der Waals surface area (Å²) in [5, 5.41) is 2.12. The summed E-state index contributed by atoms with van der Waals surface area (Å²) in [5.41, 5.74) is 2.21. The van der Waals surface area contributed by atoms with Gasteiger partial charge in [0, 0.05) is 28.7 Å². The number of ether oxygens (including phenoxy) is 1. The number of halogens is 1. The Kier molecular flexibility index (Phi) is 5.88. The van der Waals surface area contributed by atoms with Crippen LogP contribution in [0.5, 0.6) is 0 Å². The first kappa shape index (κ1) is 21.8. The van der Waals surface area contributed by atoms with E-state index in [0.717, 1.165) is 32.4 Å². The molecule has 0 saturated heterocycles.